The fourth-order valence-electron chi connectivity index (χ4n) is 2.02. The van der Waals surface area contributed by atoms with Gasteiger partial charge in [0.2, 0.25) is 5.78 Å². The van der Waals surface area contributed by atoms with E-state index in [9.17, 15) is 9.90 Å². The molecule has 1 N–H and O–H groups in total. The molecule has 0 aliphatic carbocycles. The van der Waals surface area contributed by atoms with Crippen molar-refractivity contribution in [3.05, 3.63) is 59.4 Å². The maximum absolute atomic E-state index is 12.2. The van der Waals surface area contributed by atoms with Crippen molar-refractivity contribution >= 4 is 11.9 Å². The first-order valence-corrected chi connectivity index (χ1v) is 6.09. The number of ketones is 1. The number of phenols is 1. The van der Waals surface area contributed by atoms with Crippen molar-refractivity contribution in [2.24, 2.45) is 0 Å². The highest BCUT2D eigenvalue weighted by Gasteiger charge is 2.27. The molecule has 2 aromatic rings. The fraction of sp³-hybridized carbons (Fsp3) is 0.0625. The molecule has 100 valence electrons. The number of carbonyl (C=O) groups excluding carboxylic acids is 1. The van der Waals surface area contributed by atoms with Crippen molar-refractivity contribution in [3.63, 3.8) is 0 Å². The quantitative estimate of drug-likeness (QED) is 0.851. The van der Waals surface area contributed by atoms with Crippen LogP contribution in [0.5, 0.6) is 17.2 Å². The summed E-state index contributed by atoms with van der Waals surface area (Å²) in [4.78, 5) is 12.2. The summed E-state index contributed by atoms with van der Waals surface area (Å²) in [5.41, 5.74) is 1.28. The van der Waals surface area contributed by atoms with Gasteiger partial charge in [0.1, 0.15) is 17.2 Å². The van der Waals surface area contributed by atoms with Gasteiger partial charge in [-0.25, -0.2) is 0 Å². The Morgan fingerprint density at radius 3 is 2.60 bits per heavy atom. The second kappa shape index (κ2) is 4.74. The van der Waals surface area contributed by atoms with Gasteiger partial charge >= 0.3 is 0 Å². The van der Waals surface area contributed by atoms with Crippen LogP contribution in [0, 0.1) is 0 Å². The molecule has 3 rings (SSSR count). The van der Waals surface area contributed by atoms with E-state index in [1.165, 1.54) is 0 Å². The van der Waals surface area contributed by atoms with Gasteiger partial charge in [-0.15, -0.1) is 0 Å². The summed E-state index contributed by atoms with van der Waals surface area (Å²) < 4.78 is 10.6. The number of methoxy groups -OCH3 is 1. The Labute approximate surface area is 115 Å². The van der Waals surface area contributed by atoms with Gasteiger partial charge in [0, 0.05) is 0 Å². The number of carbonyl (C=O) groups is 1. The Kier molecular flexibility index (Phi) is 2.91. The van der Waals surface area contributed by atoms with E-state index in [0.717, 1.165) is 5.56 Å². The molecule has 0 atom stereocenters. The summed E-state index contributed by atoms with van der Waals surface area (Å²) in [5, 5.41) is 9.24. The van der Waals surface area contributed by atoms with E-state index in [1.807, 2.05) is 0 Å². The van der Waals surface area contributed by atoms with Gasteiger partial charge < -0.3 is 14.6 Å². The number of allylic oxidation sites excluding steroid dienone is 1. The van der Waals surface area contributed by atoms with Crippen molar-refractivity contribution in [2.45, 2.75) is 0 Å². The molecule has 2 aromatic carbocycles. The standard InChI is InChI=1S/C16H12O4/c1-19-12-6-7-14-13(9-12)16(18)15(20-14)8-10-2-4-11(17)5-3-10/h2-9,17H,1H3/b15-8-. The molecular formula is C16H12O4. The van der Waals surface area contributed by atoms with Crippen LogP contribution in [0.1, 0.15) is 15.9 Å². The van der Waals surface area contributed by atoms with Crippen LogP contribution < -0.4 is 9.47 Å². The normalized spacial score (nSPS) is 15.1. The van der Waals surface area contributed by atoms with Crippen molar-refractivity contribution in [2.75, 3.05) is 7.11 Å². The van der Waals surface area contributed by atoms with Gasteiger partial charge in [-0.2, -0.15) is 0 Å². The average Bonchev–Trinajstić information content (AvgIpc) is 2.77. The van der Waals surface area contributed by atoms with Gasteiger partial charge in [0.25, 0.3) is 0 Å². The molecule has 1 heterocycles. The lowest BCUT2D eigenvalue weighted by Gasteiger charge is -2.00. The molecular weight excluding hydrogens is 256 g/mol. The highest BCUT2D eigenvalue weighted by atomic mass is 16.5. The van der Waals surface area contributed by atoms with Crippen LogP contribution in [-0.2, 0) is 0 Å². The number of phenolic OH excluding ortho intramolecular Hbond substituents is 1. The lowest BCUT2D eigenvalue weighted by atomic mass is 10.1. The van der Waals surface area contributed by atoms with Gasteiger partial charge in [0.05, 0.1) is 12.7 Å². The van der Waals surface area contributed by atoms with Crippen LogP contribution in [-0.4, -0.2) is 18.0 Å². The molecule has 0 saturated heterocycles. The van der Waals surface area contributed by atoms with E-state index in [2.05, 4.69) is 0 Å². The molecule has 0 spiro atoms. The molecule has 0 radical (unpaired) electrons. The molecule has 1 aliphatic rings. The number of benzene rings is 2. The third-order valence-corrected chi connectivity index (χ3v) is 3.07. The second-order valence-electron chi connectivity index (χ2n) is 4.39. The SMILES string of the molecule is COc1ccc2c(c1)C(=O)/C(=C/c1ccc(O)cc1)O2. The highest BCUT2D eigenvalue weighted by molar-refractivity contribution is 6.14. The molecule has 0 amide bonds. The minimum atomic E-state index is -0.174. The summed E-state index contributed by atoms with van der Waals surface area (Å²) in [6.07, 6.45) is 1.65. The highest BCUT2D eigenvalue weighted by Crippen LogP contribution is 2.34. The van der Waals surface area contributed by atoms with Crippen molar-refractivity contribution in [1.82, 2.24) is 0 Å². The Bertz CT molecular complexity index is 699. The van der Waals surface area contributed by atoms with Gasteiger partial charge in [0.15, 0.2) is 5.76 Å². The molecule has 4 heteroatoms. The largest absolute Gasteiger partial charge is 0.508 e. The molecule has 0 unspecified atom stereocenters. The van der Waals surface area contributed by atoms with Gasteiger partial charge in [-0.3, -0.25) is 4.79 Å². The first-order valence-electron chi connectivity index (χ1n) is 6.09. The van der Waals surface area contributed by atoms with Gasteiger partial charge in [-0.1, -0.05) is 12.1 Å². The van der Waals surface area contributed by atoms with Crippen LogP contribution in [0.2, 0.25) is 0 Å². The lowest BCUT2D eigenvalue weighted by Crippen LogP contribution is -1.98. The lowest BCUT2D eigenvalue weighted by molar-refractivity contribution is 0.101. The molecule has 0 saturated carbocycles. The topological polar surface area (TPSA) is 55.8 Å². The second-order valence-corrected chi connectivity index (χ2v) is 4.39. The van der Waals surface area contributed by atoms with Crippen LogP contribution >= 0.6 is 0 Å². The van der Waals surface area contributed by atoms with Crippen molar-refractivity contribution < 1.29 is 19.4 Å². The number of fused-ring (bicyclic) bond motifs is 1. The first-order chi connectivity index (χ1) is 9.67. The molecule has 4 nitrogen and oxygen atoms in total. The fourth-order valence-corrected chi connectivity index (χ4v) is 2.02. The van der Waals surface area contributed by atoms with Crippen LogP contribution in [0.3, 0.4) is 0 Å². The summed E-state index contributed by atoms with van der Waals surface area (Å²) in [5.74, 6) is 1.41. The summed E-state index contributed by atoms with van der Waals surface area (Å²) in [7, 11) is 1.55. The van der Waals surface area contributed by atoms with E-state index in [1.54, 1.807) is 55.7 Å². The third kappa shape index (κ3) is 2.12. The number of hydrogen-bond acceptors (Lipinski definition) is 4. The average molecular weight is 268 g/mol. The number of hydrogen-bond donors (Lipinski definition) is 1. The number of aromatic hydroxyl groups is 1. The predicted molar refractivity (Wildman–Crippen MR) is 74.0 cm³/mol. The maximum atomic E-state index is 12.2. The third-order valence-electron chi connectivity index (χ3n) is 3.07. The molecule has 0 bridgehead atoms. The van der Waals surface area contributed by atoms with Crippen LogP contribution in [0.25, 0.3) is 6.08 Å². The monoisotopic (exact) mass is 268 g/mol. The predicted octanol–water partition coefficient (Wildman–Crippen LogP) is 3.02. The minimum absolute atomic E-state index is 0.174. The maximum Gasteiger partial charge on any atom is 0.232 e. The molecule has 0 fully saturated rings. The Morgan fingerprint density at radius 2 is 1.90 bits per heavy atom. The van der Waals surface area contributed by atoms with Gasteiger partial charge in [-0.05, 0) is 42.0 Å². The smallest absolute Gasteiger partial charge is 0.232 e. The minimum Gasteiger partial charge on any atom is -0.508 e. The van der Waals surface area contributed by atoms with E-state index in [4.69, 9.17) is 9.47 Å². The van der Waals surface area contributed by atoms with E-state index >= 15 is 0 Å². The Balaban J connectivity index is 1.95. The molecule has 1 aliphatic heterocycles. The first kappa shape index (κ1) is 12.3. The summed E-state index contributed by atoms with van der Waals surface area (Å²) >= 11 is 0. The van der Waals surface area contributed by atoms with E-state index in [-0.39, 0.29) is 17.3 Å². The number of Topliss-reactive ketones (excluding diaryl/α,β-unsaturated/α-hetero) is 1. The van der Waals surface area contributed by atoms with Crippen molar-refractivity contribution in [3.8, 4) is 17.2 Å². The van der Waals surface area contributed by atoms with E-state index < -0.39 is 0 Å². The summed E-state index contributed by atoms with van der Waals surface area (Å²) in [6, 6.07) is 11.7. The zero-order valence-electron chi connectivity index (χ0n) is 10.8. The summed E-state index contributed by atoms with van der Waals surface area (Å²) in [6.45, 7) is 0. The van der Waals surface area contributed by atoms with Crippen LogP contribution in [0.15, 0.2) is 48.2 Å². The van der Waals surface area contributed by atoms with Crippen LogP contribution in [0.4, 0.5) is 0 Å². The molecule has 0 aromatic heterocycles. The molecule has 20 heavy (non-hydrogen) atoms. The number of ether oxygens (including phenoxy) is 2. The van der Waals surface area contributed by atoms with E-state index in [0.29, 0.717) is 17.1 Å². The Hall–Kier alpha value is -2.75. The zero-order chi connectivity index (χ0) is 14.1. The Morgan fingerprint density at radius 1 is 1.15 bits per heavy atom. The number of rotatable bonds is 2. The van der Waals surface area contributed by atoms with Crippen molar-refractivity contribution in [1.29, 1.82) is 0 Å². The zero-order valence-corrected chi connectivity index (χ0v) is 10.8.